The highest BCUT2D eigenvalue weighted by Crippen LogP contribution is 2.22. The van der Waals surface area contributed by atoms with Crippen LogP contribution in [0.3, 0.4) is 0 Å². The fraction of sp³-hybridized carbons (Fsp3) is 0.333. The van der Waals surface area contributed by atoms with Gasteiger partial charge < -0.3 is 10.2 Å². The lowest BCUT2D eigenvalue weighted by Gasteiger charge is -2.35. The topological polar surface area (TPSA) is 86.8 Å². The van der Waals surface area contributed by atoms with Crippen LogP contribution >= 0.6 is 11.6 Å². The van der Waals surface area contributed by atoms with Gasteiger partial charge in [-0.05, 0) is 63.1 Å². The van der Waals surface area contributed by atoms with Gasteiger partial charge in [-0.2, -0.15) is 0 Å². The molecule has 3 aromatic rings. The van der Waals surface area contributed by atoms with Crippen LogP contribution in [0.5, 0.6) is 0 Å². The van der Waals surface area contributed by atoms with Crippen LogP contribution in [-0.2, 0) is 32.6 Å². The van der Waals surface area contributed by atoms with Crippen molar-refractivity contribution in [3.05, 3.63) is 101 Å². The van der Waals surface area contributed by atoms with Crippen molar-refractivity contribution >= 4 is 39.1 Å². The van der Waals surface area contributed by atoms with Crippen molar-refractivity contribution in [3.8, 4) is 0 Å². The van der Waals surface area contributed by atoms with E-state index in [1.165, 1.54) is 4.90 Å². The maximum atomic E-state index is 14.0. The van der Waals surface area contributed by atoms with Gasteiger partial charge in [-0.15, -0.1) is 0 Å². The zero-order chi connectivity index (χ0) is 28.8. The average molecular weight is 570 g/mol. The van der Waals surface area contributed by atoms with E-state index in [9.17, 15) is 18.0 Å². The van der Waals surface area contributed by atoms with Gasteiger partial charge >= 0.3 is 0 Å². The van der Waals surface area contributed by atoms with Crippen LogP contribution in [0.2, 0.25) is 5.02 Å². The molecule has 0 aliphatic rings. The smallest absolute Gasteiger partial charge is 0.244 e. The van der Waals surface area contributed by atoms with Gasteiger partial charge in [-0.3, -0.25) is 13.9 Å². The molecule has 0 aromatic heterocycles. The molecule has 208 valence electrons. The number of rotatable bonds is 10. The Kier molecular flexibility index (Phi) is 9.80. The highest BCUT2D eigenvalue weighted by atomic mass is 35.5. The molecule has 0 heterocycles. The van der Waals surface area contributed by atoms with Gasteiger partial charge in [0.25, 0.3) is 0 Å². The molecule has 0 aliphatic carbocycles. The lowest BCUT2D eigenvalue weighted by atomic mass is 10.0. The maximum absolute atomic E-state index is 14.0. The molecule has 39 heavy (non-hydrogen) atoms. The number of carbonyl (C=O) groups is 2. The first kappa shape index (κ1) is 30.2. The molecule has 0 unspecified atom stereocenters. The number of hydrogen-bond acceptors (Lipinski definition) is 4. The first-order valence-electron chi connectivity index (χ1n) is 12.7. The minimum atomic E-state index is -3.83. The Morgan fingerprint density at radius 3 is 2.10 bits per heavy atom. The zero-order valence-corrected chi connectivity index (χ0v) is 24.6. The van der Waals surface area contributed by atoms with E-state index in [2.05, 4.69) is 5.32 Å². The Hall–Kier alpha value is -3.36. The van der Waals surface area contributed by atoms with Crippen molar-refractivity contribution in [1.82, 2.24) is 10.2 Å². The molecule has 9 heteroatoms. The van der Waals surface area contributed by atoms with E-state index < -0.39 is 34.1 Å². The molecule has 0 spiro atoms. The predicted octanol–water partition coefficient (Wildman–Crippen LogP) is 4.97. The lowest BCUT2D eigenvalue weighted by Crippen LogP contribution is -2.56. The van der Waals surface area contributed by atoms with Gasteiger partial charge in [0.1, 0.15) is 12.6 Å². The number of hydrogen-bond donors (Lipinski definition) is 1. The summed E-state index contributed by atoms with van der Waals surface area (Å²) in [5.74, 6) is -0.813. The third-order valence-electron chi connectivity index (χ3n) is 6.00. The second-order valence-corrected chi connectivity index (χ2v) is 13.0. The number of sulfonamides is 1. The number of aryl methyl sites for hydroxylation is 1. The molecule has 0 bridgehead atoms. The van der Waals surface area contributed by atoms with E-state index in [4.69, 9.17) is 11.6 Å². The number of benzene rings is 3. The van der Waals surface area contributed by atoms with Crippen molar-refractivity contribution in [1.29, 1.82) is 0 Å². The van der Waals surface area contributed by atoms with Crippen molar-refractivity contribution < 1.29 is 18.0 Å². The Labute approximate surface area is 236 Å². The van der Waals surface area contributed by atoms with Crippen LogP contribution in [-0.4, -0.2) is 49.5 Å². The molecule has 0 fully saturated rings. The van der Waals surface area contributed by atoms with Crippen LogP contribution in [0.4, 0.5) is 5.69 Å². The summed E-state index contributed by atoms with van der Waals surface area (Å²) in [5, 5.41) is 3.46. The van der Waals surface area contributed by atoms with Gasteiger partial charge in [0.2, 0.25) is 21.8 Å². The van der Waals surface area contributed by atoms with E-state index in [0.717, 1.165) is 27.3 Å². The number of anilines is 1. The molecule has 7 nitrogen and oxygen atoms in total. The summed E-state index contributed by atoms with van der Waals surface area (Å²) in [6, 6.07) is 22.5. The normalized spacial score (nSPS) is 12.5. The summed E-state index contributed by atoms with van der Waals surface area (Å²) >= 11 is 6.01. The molecule has 3 rings (SSSR count). The molecule has 3 aromatic carbocycles. The standard InChI is InChI=1S/C30H36ClN3O4S/c1-22-10-9-13-24(18-22)20-33(27(29(36)32-30(2,3)4)19-23-11-7-6-8-12-23)28(35)21-34(39(5,37)38)26-16-14-25(31)15-17-26/h6-18,27H,19-21H2,1-5H3,(H,32,36)/t27-/m1/s1. The zero-order valence-electron chi connectivity index (χ0n) is 23.0. The second-order valence-electron chi connectivity index (χ2n) is 10.7. The third kappa shape index (κ3) is 9.11. The fourth-order valence-corrected chi connectivity index (χ4v) is 5.21. The van der Waals surface area contributed by atoms with E-state index >= 15 is 0 Å². The number of nitrogens with one attached hydrogen (secondary N) is 1. The highest BCUT2D eigenvalue weighted by Gasteiger charge is 2.34. The van der Waals surface area contributed by atoms with Crippen molar-refractivity contribution in [2.45, 2.75) is 52.2 Å². The fourth-order valence-electron chi connectivity index (χ4n) is 4.24. The highest BCUT2D eigenvalue weighted by molar-refractivity contribution is 7.92. The monoisotopic (exact) mass is 569 g/mol. The van der Waals surface area contributed by atoms with Crippen molar-refractivity contribution in [3.63, 3.8) is 0 Å². The second kappa shape index (κ2) is 12.7. The summed E-state index contributed by atoms with van der Waals surface area (Å²) in [7, 11) is -3.83. The molecule has 1 atom stereocenters. The minimum Gasteiger partial charge on any atom is -0.350 e. The molecule has 0 aliphatic heterocycles. The molecule has 2 amide bonds. The summed E-state index contributed by atoms with van der Waals surface area (Å²) in [5.41, 5.74) is 2.50. The Morgan fingerprint density at radius 1 is 0.923 bits per heavy atom. The van der Waals surface area contributed by atoms with Gasteiger partial charge in [0.05, 0.1) is 11.9 Å². The largest absolute Gasteiger partial charge is 0.350 e. The molecule has 1 N–H and O–H groups in total. The number of amides is 2. The van der Waals surface area contributed by atoms with Crippen LogP contribution in [0, 0.1) is 6.92 Å². The van der Waals surface area contributed by atoms with Gasteiger partial charge in [0, 0.05) is 23.5 Å². The number of carbonyl (C=O) groups excluding carboxylic acids is 2. The van der Waals surface area contributed by atoms with Crippen LogP contribution in [0.1, 0.15) is 37.5 Å². The average Bonchev–Trinajstić information content (AvgIpc) is 2.84. The Morgan fingerprint density at radius 2 is 1.54 bits per heavy atom. The van der Waals surface area contributed by atoms with Crippen molar-refractivity contribution in [2.75, 3.05) is 17.1 Å². The maximum Gasteiger partial charge on any atom is 0.244 e. The summed E-state index contributed by atoms with van der Waals surface area (Å²) < 4.78 is 26.6. The minimum absolute atomic E-state index is 0.133. The van der Waals surface area contributed by atoms with Crippen molar-refractivity contribution in [2.24, 2.45) is 0 Å². The third-order valence-corrected chi connectivity index (χ3v) is 7.39. The van der Waals surface area contributed by atoms with Gasteiger partial charge in [-0.1, -0.05) is 71.8 Å². The first-order chi connectivity index (χ1) is 18.2. The molecule has 0 saturated carbocycles. The molecule has 0 saturated heterocycles. The van der Waals surface area contributed by atoms with E-state index in [1.807, 2.05) is 82.3 Å². The number of nitrogens with zero attached hydrogens (tertiary/aromatic N) is 2. The molecular weight excluding hydrogens is 534 g/mol. The SMILES string of the molecule is Cc1cccc(CN(C(=O)CN(c2ccc(Cl)cc2)S(C)(=O)=O)[C@H](Cc2ccccc2)C(=O)NC(C)(C)C)c1. The quantitative estimate of drug-likeness (QED) is 0.373. The van der Waals surface area contributed by atoms with Gasteiger partial charge in [0.15, 0.2) is 0 Å². The summed E-state index contributed by atoms with van der Waals surface area (Å²) in [6.07, 6.45) is 1.31. The van der Waals surface area contributed by atoms with E-state index in [1.54, 1.807) is 24.3 Å². The summed E-state index contributed by atoms with van der Waals surface area (Å²) in [4.78, 5) is 29.2. The van der Waals surface area contributed by atoms with Crippen LogP contribution in [0.25, 0.3) is 0 Å². The first-order valence-corrected chi connectivity index (χ1v) is 14.9. The predicted molar refractivity (Wildman–Crippen MR) is 157 cm³/mol. The van der Waals surface area contributed by atoms with Crippen LogP contribution in [0.15, 0.2) is 78.9 Å². The lowest BCUT2D eigenvalue weighted by molar-refractivity contribution is -0.140. The number of halogens is 1. The van der Waals surface area contributed by atoms with Gasteiger partial charge in [-0.25, -0.2) is 8.42 Å². The molecular formula is C30H36ClN3O4S. The van der Waals surface area contributed by atoms with E-state index in [0.29, 0.717) is 10.7 Å². The molecule has 0 radical (unpaired) electrons. The Bertz CT molecular complexity index is 1390. The Balaban J connectivity index is 2.07. The summed E-state index contributed by atoms with van der Waals surface area (Å²) in [6.45, 7) is 7.25. The van der Waals surface area contributed by atoms with E-state index in [-0.39, 0.29) is 18.9 Å². The van der Waals surface area contributed by atoms with Crippen LogP contribution < -0.4 is 9.62 Å².